The molecule has 0 saturated heterocycles. The molecule has 0 atom stereocenters. The van der Waals surface area contributed by atoms with Gasteiger partial charge in [0.2, 0.25) is 5.91 Å². The van der Waals surface area contributed by atoms with Crippen molar-refractivity contribution in [1.29, 1.82) is 0 Å². The highest BCUT2D eigenvalue weighted by molar-refractivity contribution is 5.77. The van der Waals surface area contributed by atoms with Gasteiger partial charge in [0.1, 0.15) is 22.3 Å². The first-order valence-corrected chi connectivity index (χ1v) is 15.0. The van der Waals surface area contributed by atoms with E-state index in [1.807, 2.05) is 6.92 Å². The fourth-order valence-corrected chi connectivity index (χ4v) is 3.45. The van der Waals surface area contributed by atoms with E-state index in [2.05, 4.69) is 5.32 Å². The number of esters is 3. The van der Waals surface area contributed by atoms with Gasteiger partial charge in [-0.3, -0.25) is 19.2 Å². The van der Waals surface area contributed by atoms with E-state index in [4.69, 9.17) is 33.2 Å². The highest BCUT2D eigenvalue weighted by atomic mass is 16.6. The normalized spacial score (nSPS) is 12.5. The Balaban J connectivity index is 5.54. The Labute approximate surface area is 258 Å². The number of amides is 1. The monoisotopic (exact) mass is 619 g/mol. The highest BCUT2D eigenvalue weighted by Crippen LogP contribution is 2.14. The van der Waals surface area contributed by atoms with Crippen molar-refractivity contribution in [3.8, 4) is 0 Å². The smallest absolute Gasteiger partial charge is 0.308 e. The van der Waals surface area contributed by atoms with E-state index < -0.39 is 40.2 Å². The number of rotatable bonds is 21. The highest BCUT2D eigenvalue weighted by Gasteiger charge is 2.34. The van der Waals surface area contributed by atoms with Crippen molar-refractivity contribution >= 4 is 23.8 Å². The molecule has 0 spiro atoms. The second-order valence-corrected chi connectivity index (χ2v) is 13.4. The van der Waals surface area contributed by atoms with E-state index in [-0.39, 0.29) is 77.8 Å². The molecule has 1 N–H and O–H groups in total. The minimum atomic E-state index is -1.20. The van der Waals surface area contributed by atoms with E-state index in [9.17, 15) is 19.2 Å². The molecule has 12 heteroatoms. The summed E-state index contributed by atoms with van der Waals surface area (Å²) in [6, 6.07) is 0. The molecular weight excluding hydrogens is 562 g/mol. The second kappa shape index (κ2) is 19.9. The standard InChI is InChI=1S/C31H57NO11/c1-11-16-37-17-12-24(33)32-31(21-38-18-13-25(34)41-28(2,3)4,22-39-19-14-26(35)42-29(5,6)7)23-40-20-15-27(36)43-30(8,9)10/h11-23H2,1-10H3,(H,32,33). The summed E-state index contributed by atoms with van der Waals surface area (Å²) >= 11 is 0. The summed E-state index contributed by atoms with van der Waals surface area (Å²) in [4.78, 5) is 49.4. The number of carbonyl (C=O) groups is 4. The van der Waals surface area contributed by atoms with Crippen LogP contribution in [0.1, 0.15) is 101 Å². The van der Waals surface area contributed by atoms with Crippen molar-refractivity contribution in [3.63, 3.8) is 0 Å². The Morgan fingerprint density at radius 2 is 0.814 bits per heavy atom. The molecule has 0 saturated carbocycles. The Morgan fingerprint density at radius 3 is 1.12 bits per heavy atom. The van der Waals surface area contributed by atoms with Gasteiger partial charge in [0.25, 0.3) is 0 Å². The number of carbonyl (C=O) groups excluding carboxylic acids is 4. The first-order valence-electron chi connectivity index (χ1n) is 15.0. The van der Waals surface area contributed by atoms with Crippen LogP contribution in [0.5, 0.6) is 0 Å². The fraction of sp³-hybridized carbons (Fsp3) is 0.871. The lowest BCUT2D eigenvalue weighted by Gasteiger charge is -2.34. The van der Waals surface area contributed by atoms with Crippen LogP contribution in [0.4, 0.5) is 0 Å². The molecular formula is C31H57NO11. The number of ether oxygens (including phenoxy) is 7. The fourth-order valence-electron chi connectivity index (χ4n) is 3.45. The molecule has 0 radical (unpaired) electrons. The first kappa shape index (κ1) is 40.7. The molecule has 0 aromatic carbocycles. The maximum absolute atomic E-state index is 12.9. The largest absolute Gasteiger partial charge is 0.460 e. The third kappa shape index (κ3) is 24.8. The van der Waals surface area contributed by atoms with E-state index >= 15 is 0 Å². The lowest BCUT2D eigenvalue weighted by atomic mass is 10.0. The van der Waals surface area contributed by atoms with Gasteiger partial charge < -0.3 is 38.5 Å². The number of nitrogens with one attached hydrogen (secondary N) is 1. The minimum absolute atomic E-state index is 0.00512. The van der Waals surface area contributed by atoms with E-state index in [0.29, 0.717) is 6.61 Å². The van der Waals surface area contributed by atoms with Gasteiger partial charge in [0, 0.05) is 13.0 Å². The third-order valence-electron chi connectivity index (χ3n) is 4.97. The van der Waals surface area contributed by atoms with Crippen LogP contribution < -0.4 is 5.32 Å². The summed E-state index contributed by atoms with van der Waals surface area (Å²) in [7, 11) is 0. The molecule has 0 aromatic heterocycles. The molecule has 0 aliphatic heterocycles. The van der Waals surface area contributed by atoms with Crippen LogP contribution in [-0.2, 0) is 52.3 Å². The summed E-state index contributed by atoms with van der Waals surface area (Å²) < 4.78 is 38.9. The van der Waals surface area contributed by atoms with Crippen molar-refractivity contribution < 1.29 is 52.3 Å². The Bertz CT molecular complexity index is 750. The van der Waals surface area contributed by atoms with Crippen LogP contribution in [0.25, 0.3) is 0 Å². The molecule has 43 heavy (non-hydrogen) atoms. The van der Waals surface area contributed by atoms with Gasteiger partial charge in [-0.05, 0) is 68.7 Å². The Morgan fingerprint density at radius 1 is 0.488 bits per heavy atom. The molecule has 0 bridgehead atoms. The van der Waals surface area contributed by atoms with Crippen molar-refractivity contribution in [3.05, 3.63) is 0 Å². The van der Waals surface area contributed by atoms with Crippen molar-refractivity contribution in [1.82, 2.24) is 5.32 Å². The molecule has 0 heterocycles. The molecule has 0 unspecified atom stereocenters. The zero-order valence-corrected chi connectivity index (χ0v) is 28.2. The summed E-state index contributed by atoms with van der Waals surface area (Å²) in [5, 5.41) is 2.94. The summed E-state index contributed by atoms with van der Waals surface area (Å²) in [6.45, 7) is 18.6. The topological polar surface area (TPSA) is 145 Å². The summed E-state index contributed by atoms with van der Waals surface area (Å²) in [6.07, 6.45) is 0.935. The summed E-state index contributed by atoms with van der Waals surface area (Å²) in [5.74, 6) is -1.58. The molecule has 0 aromatic rings. The maximum Gasteiger partial charge on any atom is 0.308 e. The molecule has 0 aliphatic rings. The Hall–Kier alpha value is -2.28. The maximum atomic E-state index is 12.9. The first-order chi connectivity index (χ1) is 19.8. The second-order valence-electron chi connectivity index (χ2n) is 13.4. The van der Waals surface area contributed by atoms with Gasteiger partial charge in [0.15, 0.2) is 0 Å². The van der Waals surface area contributed by atoms with Crippen LogP contribution in [0.3, 0.4) is 0 Å². The van der Waals surface area contributed by atoms with Gasteiger partial charge in [-0.2, -0.15) is 0 Å². The minimum Gasteiger partial charge on any atom is -0.460 e. The number of hydrogen-bond acceptors (Lipinski definition) is 11. The van der Waals surface area contributed by atoms with Crippen molar-refractivity contribution in [2.45, 2.75) is 124 Å². The quantitative estimate of drug-likeness (QED) is 0.113. The number of hydrogen-bond donors (Lipinski definition) is 1. The third-order valence-corrected chi connectivity index (χ3v) is 4.97. The van der Waals surface area contributed by atoms with Gasteiger partial charge in [-0.15, -0.1) is 0 Å². The van der Waals surface area contributed by atoms with Gasteiger partial charge >= 0.3 is 17.9 Å². The molecule has 0 fully saturated rings. The van der Waals surface area contributed by atoms with E-state index in [1.54, 1.807) is 62.3 Å². The van der Waals surface area contributed by atoms with Crippen LogP contribution >= 0.6 is 0 Å². The van der Waals surface area contributed by atoms with Crippen molar-refractivity contribution in [2.75, 3.05) is 52.9 Å². The Kier molecular flexibility index (Phi) is 18.8. The zero-order chi connectivity index (χ0) is 33.2. The zero-order valence-electron chi connectivity index (χ0n) is 28.2. The molecule has 0 aliphatic carbocycles. The lowest BCUT2D eigenvalue weighted by Crippen LogP contribution is -2.59. The molecule has 0 rings (SSSR count). The van der Waals surface area contributed by atoms with E-state index in [0.717, 1.165) is 6.42 Å². The van der Waals surface area contributed by atoms with Gasteiger partial charge in [0.05, 0.1) is 65.5 Å². The lowest BCUT2D eigenvalue weighted by molar-refractivity contribution is -0.157. The molecule has 12 nitrogen and oxygen atoms in total. The predicted octanol–water partition coefficient (Wildman–Crippen LogP) is 3.90. The molecule has 252 valence electrons. The van der Waals surface area contributed by atoms with E-state index in [1.165, 1.54) is 0 Å². The SMILES string of the molecule is CCCOCCC(=O)NC(COCCC(=O)OC(C)(C)C)(COCCC(=O)OC(C)(C)C)COCCC(=O)OC(C)(C)C. The predicted molar refractivity (Wildman–Crippen MR) is 160 cm³/mol. The average molecular weight is 620 g/mol. The van der Waals surface area contributed by atoms with Gasteiger partial charge in [-0.1, -0.05) is 6.92 Å². The van der Waals surface area contributed by atoms with Crippen LogP contribution in [0.15, 0.2) is 0 Å². The molecule has 1 amide bonds. The van der Waals surface area contributed by atoms with Crippen LogP contribution in [0.2, 0.25) is 0 Å². The average Bonchev–Trinajstić information content (AvgIpc) is 2.82. The van der Waals surface area contributed by atoms with Crippen molar-refractivity contribution in [2.24, 2.45) is 0 Å². The summed E-state index contributed by atoms with van der Waals surface area (Å²) in [5.41, 5.74) is -3.08. The van der Waals surface area contributed by atoms with Crippen LogP contribution in [0, 0.1) is 0 Å². The van der Waals surface area contributed by atoms with Crippen LogP contribution in [-0.4, -0.2) is 99.0 Å². The van der Waals surface area contributed by atoms with Gasteiger partial charge in [-0.25, -0.2) is 0 Å².